The third-order valence-corrected chi connectivity index (χ3v) is 6.03. The highest BCUT2D eigenvalue weighted by Gasteiger charge is 2.57. The molecule has 0 aliphatic heterocycles. The third kappa shape index (κ3) is 2.76. The van der Waals surface area contributed by atoms with Gasteiger partial charge in [0.15, 0.2) is 0 Å². The molecule has 2 aliphatic rings. The zero-order chi connectivity index (χ0) is 15.0. The highest BCUT2D eigenvalue weighted by atomic mass is 35.5. The predicted octanol–water partition coefficient (Wildman–Crippen LogP) is 5.34. The summed E-state index contributed by atoms with van der Waals surface area (Å²) in [5.41, 5.74) is 0.269. The Morgan fingerprint density at radius 3 is 2.48 bits per heavy atom. The van der Waals surface area contributed by atoms with Gasteiger partial charge in [-0.15, -0.1) is 0 Å². The molecular weight excluding hydrogens is 329 g/mol. The second kappa shape index (κ2) is 6.16. The lowest BCUT2D eigenvalue weighted by Gasteiger charge is -2.54. The lowest BCUT2D eigenvalue weighted by molar-refractivity contribution is -0.0755. The van der Waals surface area contributed by atoms with E-state index >= 15 is 0 Å². The zero-order valence-corrected chi connectivity index (χ0v) is 14.4. The molecule has 0 aromatic heterocycles. The van der Waals surface area contributed by atoms with Gasteiger partial charge < -0.3 is 10.1 Å². The molecule has 2 atom stereocenters. The monoisotopic (exact) mass is 347 g/mol. The van der Waals surface area contributed by atoms with Crippen molar-refractivity contribution in [3.8, 4) is 5.75 Å². The van der Waals surface area contributed by atoms with E-state index in [0.717, 1.165) is 13.0 Å². The first-order valence-corrected chi connectivity index (χ1v) is 8.75. The van der Waals surface area contributed by atoms with Gasteiger partial charge in [-0.3, -0.25) is 0 Å². The summed E-state index contributed by atoms with van der Waals surface area (Å²) < 4.78 is 6.22. The minimum Gasteiger partial charge on any atom is -0.488 e. The maximum absolute atomic E-state index is 6.24. The maximum Gasteiger partial charge on any atom is 0.139 e. The smallest absolute Gasteiger partial charge is 0.139 e. The van der Waals surface area contributed by atoms with Gasteiger partial charge in [0.2, 0.25) is 0 Å². The Hall–Kier alpha value is -0.150. The lowest BCUT2D eigenvalue weighted by Crippen LogP contribution is -2.63. The number of ether oxygens (including phenoxy) is 1. The summed E-state index contributed by atoms with van der Waals surface area (Å²) in [4.78, 5) is 0. The predicted molar refractivity (Wildman–Crippen MR) is 88.9 cm³/mol. The molecule has 0 amide bonds. The van der Waals surface area contributed by atoms with Crippen LogP contribution in [0, 0.1) is 5.41 Å². The highest BCUT2D eigenvalue weighted by molar-refractivity contribution is 6.43. The van der Waals surface area contributed by atoms with Crippen LogP contribution in [0.5, 0.6) is 5.75 Å². The number of halogens is 3. The molecule has 2 fully saturated rings. The molecule has 5 heteroatoms. The highest BCUT2D eigenvalue weighted by Crippen LogP contribution is 2.55. The minimum atomic E-state index is 0.221. The van der Waals surface area contributed by atoms with Crippen LogP contribution >= 0.6 is 34.8 Å². The molecule has 21 heavy (non-hydrogen) atoms. The summed E-state index contributed by atoms with van der Waals surface area (Å²) in [6, 6.07) is 3.95. The van der Waals surface area contributed by atoms with Crippen molar-refractivity contribution in [2.24, 2.45) is 5.41 Å². The van der Waals surface area contributed by atoms with Gasteiger partial charge >= 0.3 is 0 Å². The van der Waals surface area contributed by atoms with E-state index in [1.165, 1.54) is 25.7 Å². The van der Waals surface area contributed by atoms with Crippen LogP contribution in [0.4, 0.5) is 0 Å². The molecule has 2 saturated carbocycles. The molecule has 0 radical (unpaired) electrons. The fraction of sp³-hybridized carbons (Fsp3) is 0.625. The molecular formula is C16H20Cl3NO. The second-order valence-electron chi connectivity index (χ2n) is 6.09. The molecule has 1 N–H and O–H groups in total. The Labute approximate surface area is 141 Å². The van der Waals surface area contributed by atoms with Crippen LogP contribution in [-0.2, 0) is 0 Å². The van der Waals surface area contributed by atoms with Crippen LogP contribution in [0.3, 0.4) is 0 Å². The first-order chi connectivity index (χ1) is 10.1. The van der Waals surface area contributed by atoms with Gasteiger partial charge in [0.25, 0.3) is 0 Å². The van der Waals surface area contributed by atoms with Gasteiger partial charge in [0, 0.05) is 23.9 Å². The maximum atomic E-state index is 6.24. The second-order valence-corrected chi connectivity index (χ2v) is 7.31. The number of nitrogens with one attached hydrogen (secondary N) is 1. The van der Waals surface area contributed by atoms with Crippen molar-refractivity contribution >= 4 is 34.8 Å². The molecule has 116 valence electrons. The van der Waals surface area contributed by atoms with Crippen LogP contribution in [0.2, 0.25) is 15.1 Å². The van der Waals surface area contributed by atoms with Crippen LogP contribution in [0.25, 0.3) is 0 Å². The van der Waals surface area contributed by atoms with Crippen molar-refractivity contribution in [2.45, 2.75) is 51.2 Å². The van der Waals surface area contributed by atoms with Crippen LogP contribution in [0.1, 0.15) is 39.0 Å². The lowest BCUT2D eigenvalue weighted by atomic mass is 9.60. The normalized spacial score (nSPS) is 26.9. The standard InChI is InChI=1S/C16H20Cl3NO/c1-2-20-14-9-15(16(14)5-3-4-6-16)21-13-8-11(18)10(17)7-12(13)19/h7-8,14-15,20H,2-6,9H2,1H3. The summed E-state index contributed by atoms with van der Waals surface area (Å²) in [6.07, 6.45) is 6.29. The molecule has 2 unspecified atom stereocenters. The van der Waals surface area contributed by atoms with Gasteiger partial charge in [0.1, 0.15) is 11.9 Å². The van der Waals surface area contributed by atoms with Crippen LogP contribution < -0.4 is 10.1 Å². The van der Waals surface area contributed by atoms with Crippen LogP contribution in [0.15, 0.2) is 12.1 Å². The van der Waals surface area contributed by atoms with Gasteiger partial charge in [-0.1, -0.05) is 54.6 Å². The van der Waals surface area contributed by atoms with Crippen molar-refractivity contribution in [3.63, 3.8) is 0 Å². The van der Waals surface area contributed by atoms with Gasteiger partial charge in [-0.25, -0.2) is 0 Å². The van der Waals surface area contributed by atoms with Gasteiger partial charge in [-0.05, 0) is 25.5 Å². The van der Waals surface area contributed by atoms with E-state index < -0.39 is 0 Å². The van der Waals surface area contributed by atoms with E-state index in [9.17, 15) is 0 Å². The van der Waals surface area contributed by atoms with Crippen LogP contribution in [-0.4, -0.2) is 18.7 Å². The van der Waals surface area contributed by atoms with Crippen molar-refractivity contribution in [1.29, 1.82) is 0 Å². The van der Waals surface area contributed by atoms with Gasteiger partial charge in [-0.2, -0.15) is 0 Å². The number of hydrogen-bond donors (Lipinski definition) is 1. The van der Waals surface area contributed by atoms with Gasteiger partial charge in [0.05, 0.1) is 15.1 Å². The Bertz CT molecular complexity index is 528. The first-order valence-electron chi connectivity index (χ1n) is 7.61. The largest absolute Gasteiger partial charge is 0.488 e. The molecule has 1 aromatic rings. The van der Waals surface area contributed by atoms with E-state index in [1.54, 1.807) is 12.1 Å². The quantitative estimate of drug-likeness (QED) is 0.742. The Morgan fingerprint density at radius 2 is 1.81 bits per heavy atom. The average molecular weight is 349 g/mol. The molecule has 2 aliphatic carbocycles. The molecule has 3 rings (SSSR count). The zero-order valence-electron chi connectivity index (χ0n) is 12.1. The fourth-order valence-electron chi connectivity index (χ4n) is 3.90. The minimum absolute atomic E-state index is 0.221. The topological polar surface area (TPSA) is 21.3 Å². The molecule has 0 saturated heterocycles. The third-order valence-electron chi connectivity index (χ3n) is 5.01. The molecule has 1 spiro atoms. The summed E-state index contributed by atoms with van der Waals surface area (Å²) in [5, 5.41) is 5.08. The van der Waals surface area contributed by atoms with Crippen molar-refractivity contribution in [3.05, 3.63) is 27.2 Å². The number of benzene rings is 1. The Balaban J connectivity index is 1.78. The Morgan fingerprint density at radius 1 is 1.14 bits per heavy atom. The van der Waals surface area contributed by atoms with Crippen molar-refractivity contribution < 1.29 is 4.74 Å². The van der Waals surface area contributed by atoms with Crippen molar-refractivity contribution in [2.75, 3.05) is 6.54 Å². The van der Waals surface area contributed by atoms with E-state index in [-0.39, 0.29) is 11.5 Å². The Kier molecular flexibility index (Phi) is 4.61. The van der Waals surface area contributed by atoms with E-state index in [4.69, 9.17) is 39.5 Å². The average Bonchev–Trinajstić information content (AvgIpc) is 2.95. The summed E-state index contributed by atoms with van der Waals surface area (Å²) in [7, 11) is 0. The molecule has 2 nitrogen and oxygen atoms in total. The fourth-order valence-corrected chi connectivity index (χ4v) is 4.48. The summed E-state index contributed by atoms with van der Waals surface area (Å²) in [5.74, 6) is 0.650. The SMILES string of the molecule is CCNC1CC(Oc2cc(Cl)c(Cl)cc2Cl)C12CCCC2. The van der Waals surface area contributed by atoms with Crippen molar-refractivity contribution in [1.82, 2.24) is 5.32 Å². The van der Waals surface area contributed by atoms with E-state index in [2.05, 4.69) is 12.2 Å². The molecule has 0 heterocycles. The number of hydrogen-bond acceptors (Lipinski definition) is 2. The summed E-state index contributed by atoms with van der Waals surface area (Å²) >= 11 is 18.3. The molecule has 0 bridgehead atoms. The summed E-state index contributed by atoms with van der Waals surface area (Å²) in [6.45, 7) is 3.17. The molecule has 1 aromatic carbocycles. The van der Waals surface area contributed by atoms with E-state index in [0.29, 0.717) is 26.9 Å². The number of rotatable bonds is 4. The van der Waals surface area contributed by atoms with E-state index in [1.807, 2.05) is 0 Å². The first kappa shape index (κ1) is 15.7.